The smallest absolute Gasteiger partial charge is 0.394 e. The first kappa shape index (κ1) is 14.3. The van der Waals surface area contributed by atoms with E-state index in [0.717, 1.165) is 12.8 Å². The standard InChI is InChI=1S/C14H18F3NO/c15-14(16,17)12(11-6-2-1-3-7-11)18-13(10-19)8-4-5-9-13/h1-3,6-7,12,18-19H,4-5,8-10H2. The van der Waals surface area contributed by atoms with E-state index >= 15 is 0 Å². The van der Waals surface area contributed by atoms with Crippen LogP contribution in [0.2, 0.25) is 0 Å². The largest absolute Gasteiger partial charge is 0.407 e. The number of hydrogen-bond acceptors (Lipinski definition) is 2. The van der Waals surface area contributed by atoms with Crippen molar-refractivity contribution in [2.75, 3.05) is 6.61 Å². The van der Waals surface area contributed by atoms with Crippen LogP contribution in [0.4, 0.5) is 13.2 Å². The lowest BCUT2D eigenvalue weighted by atomic mass is 9.95. The van der Waals surface area contributed by atoms with Gasteiger partial charge in [-0.1, -0.05) is 43.2 Å². The summed E-state index contributed by atoms with van der Waals surface area (Å²) in [5.74, 6) is 0. The Morgan fingerprint density at radius 3 is 2.21 bits per heavy atom. The van der Waals surface area contributed by atoms with E-state index in [4.69, 9.17) is 0 Å². The summed E-state index contributed by atoms with van der Waals surface area (Å²) in [7, 11) is 0. The highest BCUT2D eigenvalue weighted by Crippen LogP contribution is 2.38. The fourth-order valence-electron chi connectivity index (χ4n) is 2.71. The van der Waals surface area contributed by atoms with E-state index in [1.165, 1.54) is 12.1 Å². The van der Waals surface area contributed by atoms with Crippen molar-refractivity contribution >= 4 is 0 Å². The third-order valence-electron chi connectivity index (χ3n) is 3.77. The van der Waals surface area contributed by atoms with E-state index in [-0.39, 0.29) is 12.2 Å². The van der Waals surface area contributed by atoms with Crippen LogP contribution in [-0.2, 0) is 0 Å². The first-order valence-corrected chi connectivity index (χ1v) is 6.47. The Hall–Kier alpha value is -1.07. The highest BCUT2D eigenvalue weighted by atomic mass is 19.4. The summed E-state index contributed by atoms with van der Waals surface area (Å²) in [6, 6.07) is 6.08. The van der Waals surface area contributed by atoms with Crippen LogP contribution in [0, 0.1) is 0 Å². The molecule has 0 aliphatic heterocycles. The van der Waals surface area contributed by atoms with Crippen LogP contribution in [0.3, 0.4) is 0 Å². The van der Waals surface area contributed by atoms with E-state index < -0.39 is 17.8 Å². The van der Waals surface area contributed by atoms with E-state index in [2.05, 4.69) is 5.32 Å². The van der Waals surface area contributed by atoms with Crippen LogP contribution in [0.15, 0.2) is 30.3 Å². The summed E-state index contributed by atoms with van der Waals surface area (Å²) >= 11 is 0. The summed E-state index contributed by atoms with van der Waals surface area (Å²) in [4.78, 5) is 0. The summed E-state index contributed by atoms with van der Waals surface area (Å²) in [6.45, 7) is -0.258. The van der Waals surface area contributed by atoms with Crippen molar-refractivity contribution in [3.05, 3.63) is 35.9 Å². The predicted molar refractivity (Wildman–Crippen MR) is 66.7 cm³/mol. The molecule has 1 unspecified atom stereocenters. The molecule has 0 radical (unpaired) electrons. The second kappa shape index (κ2) is 5.51. The molecular formula is C14H18F3NO. The van der Waals surface area contributed by atoms with Gasteiger partial charge in [-0.2, -0.15) is 13.2 Å². The number of benzene rings is 1. The van der Waals surface area contributed by atoms with Gasteiger partial charge in [-0.3, -0.25) is 5.32 Å². The van der Waals surface area contributed by atoms with Crippen LogP contribution in [-0.4, -0.2) is 23.4 Å². The highest BCUT2D eigenvalue weighted by molar-refractivity contribution is 5.21. The second-order valence-electron chi connectivity index (χ2n) is 5.18. The van der Waals surface area contributed by atoms with Crippen LogP contribution in [0.5, 0.6) is 0 Å². The normalized spacial score (nSPS) is 20.4. The molecule has 1 atom stereocenters. The van der Waals surface area contributed by atoms with E-state index in [1.54, 1.807) is 18.2 Å². The summed E-state index contributed by atoms with van der Waals surface area (Å²) in [6.07, 6.45) is -1.49. The Kier molecular flexibility index (Phi) is 4.16. The molecule has 2 N–H and O–H groups in total. The van der Waals surface area contributed by atoms with E-state index in [1.807, 2.05) is 0 Å². The van der Waals surface area contributed by atoms with Crippen molar-refractivity contribution in [3.63, 3.8) is 0 Å². The average Bonchev–Trinajstić information content (AvgIpc) is 2.85. The molecule has 1 aromatic carbocycles. The molecule has 106 valence electrons. The molecule has 1 aliphatic rings. The Bertz CT molecular complexity index is 399. The fraction of sp³-hybridized carbons (Fsp3) is 0.571. The van der Waals surface area contributed by atoms with Crippen molar-refractivity contribution < 1.29 is 18.3 Å². The number of rotatable bonds is 4. The van der Waals surface area contributed by atoms with Crippen LogP contribution < -0.4 is 5.32 Å². The van der Waals surface area contributed by atoms with Gasteiger partial charge >= 0.3 is 6.18 Å². The van der Waals surface area contributed by atoms with Gasteiger partial charge in [0.1, 0.15) is 6.04 Å². The molecule has 2 nitrogen and oxygen atoms in total. The molecule has 0 heterocycles. The van der Waals surface area contributed by atoms with Crippen molar-refractivity contribution in [1.82, 2.24) is 5.32 Å². The molecule has 0 bridgehead atoms. The Morgan fingerprint density at radius 1 is 1.16 bits per heavy atom. The first-order valence-electron chi connectivity index (χ1n) is 6.47. The van der Waals surface area contributed by atoms with Gasteiger partial charge in [0.2, 0.25) is 0 Å². The van der Waals surface area contributed by atoms with Gasteiger partial charge in [-0.25, -0.2) is 0 Å². The number of aliphatic hydroxyl groups is 1. The molecule has 1 saturated carbocycles. The molecule has 1 aromatic rings. The minimum Gasteiger partial charge on any atom is -0.394 e. The van der Waals surface area contributed by atoms with Crippen molar-refractivity contribution in [2.24, 2.45) is 0 Å². The zero-order valence-electron chi connectivity index (χ0n) is 10.6. The number of alkyl halides is 3. The predicted octanol–water partition coefficient (Wildman–Crippen LogP) is 3.18. The van der Waals surface area contributed by atoms with Gasteiger partial charge in [-0.05, 0) is 18.4 Å². The van der Waals surface area contributed by atoms with Gasteiger partial charge in [0, 0.05) is 5.54 Å². The lowest BCUT2D eigenvalue weighted by Crippen LogP contribution is -2.51. The molecule has 1 aliphatic carbocycles. The lowest BCUT2D eigenvalue weighted by Gasteiger charge is -2.34. The second-order valence-corrected chi connectivity index (χ2v) is 5.18. The average molecular weight is 273 g/mol. The maximum absolute atomic E-state index is 13.2. The third-order valence-corrected chi connectivity index (χ3v) is 3.77. The van der Waals surface area contributed by atoms with Gasteiger partial charge in [0.15, 0.2) is 0 Å². The van der Waals surface area contributed by atoms with Crippen molar-refractivity contribution in [1.29, 1.82) is 0 Å². The topological polar surface area (TPSA) is 32.3 Å². The third kappa shape index (κ3) is 3.28. The Morgan fingerprint density at radius 2 is 1.74 bits per heavy atom. The zero-order valence-corrected chi connectivity index (χ0v) is 10.6. The maximum atomic E-state index is 13.2. The molecule has 1 fully saturated rings. The number of aliphatic hydroxyl groups excluding tert-OH is 1. The summed E-state index contributed by atoms with van der Waals surface area (Å²) < 4.78 is 39.7. The molecular weight excluding hydrogens is 255 g/mol. The van der Waals surface area contributed by atoms with Gasteiger partial charge in [0.25, 0.3) is 0 Å². The van der Waals surface area contributed by atoms with Crippen LogP contribution in [0.25, 0.3) is 0 Å². The highest BCUT2D eigenvalue weighted by Gasteiger charge is 2.46. The Balaban J connectivity index is 2.24. The Labute approximate surface area is 110 Å². The summed E-state index contributed by atoms with van der Waals surface area (Å²) in [5, 5.41) is 12.1. The molecule has 0 saturated heterocycles. The lowest BCUT2D eigenvalue weighted by molar-refractivity contribution is -0.164. The van der Waals surface area contributed by atoms with Crippen LogP contribution >= 0.6 is 0 Å². The van der Waals surface area contributed by atoms with Gasteiger partial charge in [0.05, 0.1) is 6.61 Å². The van der Waals surface area contributed by atoms with E-state index in [0.29, 0.717) is 12.8 Å². The SMILES string of the molecule is OCC1(NC(c2ccccc2)C(F)(F)F)CCCC1. The summed E-state index contributed by atoms with van der Waals surface area (Å²) in [5.41, 5.74) is -0.606. The molecule has 0 amide bonds. The molecule has 2 rings (SSSR count). The number of nitrogens with one attached hydrogen (secondary N) is 1. The molecule has 0 aromatic heterocycles. The number of hydrogen-bond donors (Lipinski definition) is 2. The molecule has 5 heteroatoms. The van der Waals surface area contributed by atoms with E-state index in [9.17, 15) is 18.3 Å². The van der Waals surface area contributed by atoms with Gasteiger partial charge in [-0.15, -0.1) is 0 Å². The van der Waals surface area contributed by atoms with Crippen molar-refractivity contribution in [3.8, 4) is 0 Å². The maximum Gasteiger partial charge on any atom is 0.407 e. The minimum absolute atomic E-state index is 0.190. The molecule has 0 spiro atoms. The molecule has 19 heavy (non-hydrogen) atoms. The number of halogens is 3. The monoisotopic (exact) mass is 273 g/mol. The zero-order chi connectivity index (χ0) is 13.9. The quantitative estimate of drug-likeness (QED) is 0.883. The van der Waals surface area contributed by atoms with Crippen LogP contribution in [0.1, 0.15) is 37.3 Å². The first-order chi connectivity index (χ1) is 8.97. The van der Waals surface area contributed by atoms with Crippen molar-refractivity contribution in [2.45, 2.75) is 43.4 Å². The van der Waals surface area contributed by atoms with Gasteiger partial charge < -0.3 is 5.11 Å². The minimum atomic E-state index is -4.37. The fourth-order valence-corrected chi connectivity index (χ4v) is 2.71.